The third-order valence-electron chi connectivity index (χ3n) is 4.13. The van der Waals surface area contributed by atoms with Gasteiger partial charge in [0.1, 0.15) is 11.3 Å². The number of methoxy groups -OCH3 is 2. The maximum atomic E-state index is 12.8. The van der Waals surface area contributed by atoms with E-state index in [0.717, 1.165) is 5.56 Å². The first-order valence-electron chi connectivity index (χ1n) is 8.40. The van der Waals surface area contributed by atoms with Gasteiger partial charge >= 0.3 is 5.97 Å². The molecule has 6 nitrogen and oxygen atoms in total. The van der Waals surface area contributed by atoms with Gasteiger partial charge in [0.2, 0.25) is 0 Å². The lowest BCUT2D eigenvalue weighted by Gasteiger charge is -2.17. The molecule has 0 saturated heterocycles. The number of carbonyl (C=O) groups excluding carboxylic acids is 1. The van der Waals surface area contributed by atoms with Gasteiger partial charge in [0, 0.05) is 11.6 Å². The Morgan fingerprint density at radius 1 is 0.893 bits per heavy atom. The molecule has 3 aromatic rings. The lowest BCUT2D eigenvalue weighted by Crippen LogP contribution is -2.14. The molecule has 0 bridgehead atoms. The van der Waals surface area contributed by atoms with Gasteiger partial charge in [-0.15, -0.1) is 0 Å². The van der Waals surface area contributed by atoms with Crippen LogP contribution in [0.25, 0.3) is 11.1 Å². The van der Waals surface area contributed by atoms with Crippen molar-refractivity contribution >= 4 is 21.7 Å². The third kappa shape index (κ3) is 3.99. The molecule has 0 aromatic heterocycles. The van der Waals surface area contributed by atoms with E-state index in [9.17, 15) is 13.2 Å². The molecule has 7 heteroatoms. The van der Waals surface area contributed by atoms with E-state index in [-0.39, 0.29) is 16.2 Å². The zero-order valence-electron chi connectivity index (χ0n) is 15.4. The SMILES string of the molecule is COC(=O)c1cc(-c2ccccc2)c(NS(=O)(=O)c2ccccc2)cc1OC. The van der Waals surface area contributed by atoms with Crippen molar-refractivity contribution in [2.75, 3.05) is 18.9 Å². The minimum atomic E-state index is -3.83. The summed E-state index contributed by atoms with van der Waals surface area (Å²) in [4.78, 5) is 12.3. The van der Waals surface area contributed by atoms with Crippen molar-refractivity contribution in [3.05, 3.63) is 78.4 Å². The number of benzene rings is 3. The number of rotatable bonds is 6. The number of ether oxygens (including phenoxy) is 2. The van der Waals surface area contributed by atoms with E-state index < -0.39 is 16.0 Å². The van der Waals surface area contributed by atoms with Gasteiger partial charge in [0.05, 0.1) is 24.8 Å². The van der Waals surface area contributed by atoms with Gasteiger partial charge in [0.25, 0.3) is 10.0 Å². The van der Waals surface area contributed by atoms with Crippen molar-refractivity contribution in [1.82, 2.24) is 0 Å². The quantitative estimate of drug-likeness (QED) is 0.637. The van der Waals surface area contributed by atoms with Crippen LogP contribution in [0.1, 0.15) is 10.4 Å². The van der Waals surface area contributed by atoms with Crippen LogP contribution in [-0.2, 0) is 14.8 Å². The van der Waals surface area contributed by atoms with Crippen LogP contribution in [0.5, 0.6) is 5.75 Å². The summed E-state index contributed by atoms with van der Waals surface area (Å²) in [6, 6.07) is 20.2. The molecule has 0 aliphatic carbocycles. The van der Waals surface area contributed by atoms with Crippen LogP contribution in [-0.4, -0.2) is 28.6 Å². The molecule has 0 spiro atoms. The minimum Gasteiger partial charge on any atom is -0.496 e. The van der Waals surface area contributed by atoms with Crippen molar-refractivity contribution in [3.8, 4) is 16.9 Å². The molecule has 0 radical (unpaired) electrons. The van der Waals surface area contributed by atoms with Crippen LogP contribution in [0.4, 0.5) is 5.69 Å². The van der Waals surface area contributed by atoms with Crippen molar-refractivity contribution in [3.63, 3.8) is 0 Å². The van der Waals surface area contributed by atoms with Crippen LogP contribution in [0.2, 0.25) is 0 Å². The molecular formula is C21H19NO5S. The number of hydrogen-bond acceptors (Lipinski definition) is 5. The van der Waals surface area contributed by atoms with E-state index in [0.29, 0.717) is 11.3 Å². The van der Waals surface area contributed by atoms with Crippen molar-refractivity contribution in [2.45, 2.75) is 4.90 Å². The lowest BCUT2D eigenvalue weighted by molar-refractivity contribution is 0.0597. The largest absolute Gasteiger partial charge is 0.496 e. The van der Waals surface area contributed by atoms with Gasteiger partial charge in [-0.2, -0.15) is 0 Å². The fraction of sp³-hybridized carbons (Fsp3) is 0.0952. The number of carbonyl (C=O) groups is 1. The Bertz CT molecular complexity index is 1080. The summed E-state index contributed by atoms with van der Waals surface area (Å²) in [7, 11) is -1.15. The molecule has 0 unspecified atom stereocenters. The summed E-state index contributed by atoms with van der Waals surface area (Å²) in [5, 5.41) is 0. The molecule has 0 aliphatic rings. The average molecular weight is 397 g/mol. The maximum Gasteiger partial charge on any atom is 0.341 e. The van der Waals surface area contributed by atoms with Gasteiger partial charge in [0.15, 0.2) is 0 Å². The van der Waals surface area contributed by atoms with E-state index in [1.54, 1.807) is 24.3 Å². The molecule has 3 aromatic carbocycles. The van der Waals surface area contributed by atoms with Gasteiger partial charge in [-0.05, 0) is 23.8 Å². The van der Waals surface area contributed by atoms with Crippen LogP contribution in [0.15, 0.2) is 77.7 Å². The predicted octanol–water partition coefficient (Wildman–Crippen LogP) is 3.95. The Morgan fingerprint density at radius 2 is 1.50 bits per heavy atom. The van der Waals surface area contributed by atoms with Gasteiger partial charge in [-0.25, -0.2) is 13.2 Å². The summed E-state index contributed by atoms with van der Waals surface area (Å²) in [5.41, 5.74) is 1.76. The Morgan fingerprint density at radius 3 is 2.07 bits per heavy atom. The number of hydrogen-bond donors (Lipinski definition) is 1. The van der Waals surface area contributed by atoms with Crippen molar-refractivity contribution in [2.24, 2.45) is 0 Å². The maximum absolute atomic E-state index is 12.8. The second kappa shape index (κ2) is 8.14. The van der Waals surface area contributed by atoms with E-state index >= 15 is 0 Å². The number of anilines is 1. The Balaban J connectivity index is 2.18. The first-order valence-corrected chi connectivity index (χ1v) is 9.88. The summed E-state index contributed by atoms with van der Waals surface area (Å²) >= 11 is 0. The highest BCUT2D eigenvalue weighted by Crippen LogP contribution is 2.36. The predicted molar refractivity (Wildman–Crippen MR) is 107 cm³/mol. The van der Waals surface area contributed by atoms with E-state index in [1.807, 2.05) is 30.3 Å². The number of nitrogens with one attached hydrogen (secondary N) is 1. The van der Waals surface area contributed by atoms with Crippen LogP contribution < -0.4 is 9.46 Å². The van der Waals surface area contributed by atoms with Gasteiger partial charge in [-0.3, -0.25) is 4.72 Å². The highest BCUT2D eigenvalue weighted by atomic mass is 32.2. The fourth-order valence-corrected chi connectivity index (χ4v) is 3.85. The first-order chi connectivity index (χ1) is 13.5. The second-order valence-electron chi connectivity index (χ2n) is 5.87. The normalized spacial score (nSPS) is 10.9. The molecule has 3 rings (SSSR count). The number of sulfonamides is 1. The molecule has 1 N–H and O–H groups in total. The summed E-state index contributed by atoms with van der Waals surface area (Å²) in [6.45, 7) is 0. The third-order valence-corrected chi connectivity index (χ3v) is 5.51. The molecule has 0 amide bonds. The molecule has 0 fully saturated rings. The molecule has 0 aliphatic heterocycles. The van der Waals surface area contributed by atoms with Crippen molar-refractivity contribution < 1.29 is 22.7 Å². The smallest absolute Gasteiger partial charge is 0.341 e. The summed E-state index contributed by atoms with van der Waals surface area (Å²) in [6.07, 6.45) is 0. The monoisotopic (exact) mass is 397 g/mol. The van der Waals surface area contributed by atoms with E-state index in [4.69, 9.17) is 9.47 Å². The number of esters is 1. The molecule has 0 heterocycles. The highest BCUT2D eigenvalue weighted by molar-refractivity contribution is 7.92. The average Bonchev–Trinajstić information content (AvgIpc) is 2.74. The zero-order valence-corrected chi connectivity index (χ0v) is 16.2. The molecule has 28 heavy (non-hydrogen) atoms. The topological polar surface area (TPSA) is 81.7 Å². The Hall–Kier alpha value is -3.32. The van der Waals surface area contributed by atoms with E-state index in [2.05, 4.69) is 4.72 Å². The van der Waals surface area contributed by atoms with Crippen LogP contribution in [0, 0.1) is 0 Å². The molecule has 0 saturated carbocycles. The highest BCUT2D eigenvalue weighted by Gasteiger charge is 2.21. The fourth-order valence-electron chi connectivity index (χ4n) is 2.76. The van der Waals surface area contributed by atoms with Gasteiger partial charge < -0.3 is 9.47 Å². The van der Waals surface area contributed by atoms with Crippen LogP contribution in [0.3, 0.4) is 0 Å². The standard InChI is InChI=1S/C21H19NO5S/c1-26-20-14-19(22-28(24,25)16-11-7-4-8-12-16)17(13-18(20)21(23)27-2)15-9-5-3-6-10-15/h3-14,22H,1-2H3. The Kier molecular flexibility index (Phi) is 5.65. The second-order valence-corrected chi connectivity index (χ2v) is 7.56. The van der Waals surface area contributed by atoms with Crippen molar-refractivity contribution in [1.29, 1.82) is 0 Å². The Labute approximate surface area is 163 Å². The molecule has 144 valence electrons. The van der Waals surface area contributed by atoms with Gasteiger partial charge in [-0.1, -0.05) is 48.5 Å². The lowest BCUT2D eigenvalue weighted by atomic mass is 10.0. The van der Waals surface area contributed by atoms with Crippen LogP contribution >= 0.6 is 0 Å². The van der Waals surface area contributed by atoms with E-state index in [1.165, 1.54) is 32.4 Å². The minimum absolute atomic E-state index is 0.130. The first kappa shape index (κ1) is 19.4. The summed E-state index contributed by atoms with van der Waals surface area (Å²) < 4.78 is 38.3. The molecular weight excluding hydrogens is 378 g/mol. The zero-order chi connectivity index (χ0) is 20.1. The summed E-state index contributed by atoms with van der Waals surface area (Å²) in [5.74, 6) is -0.371. The molecule has 0 atom stereocenters.